The van der Waals surface area contributed by atoms with Crippen LogP contribution in [0.25, 0.3) is 34.2 Å². The van der Waals surface area contributed by atoms with Crippen LogP contribution in [-0.2, 0) is 4.74 Å². The third-order valence-corrected chi connectivity index (χ3v) is 7.88. The van der Waals surface area contributed by atoms with Gasteiger partial charge >= 0.3 is 0 Å². The molecule has 0 aliphatic rings. The molecule has 4 rings (SSSR count). The summed E-state index contributed by atoms with van der Waals surface area (Å²) in [6.45, 7) is 7.12. The van der Waals surface area contributed by atoms with E-state index in [1.165, 1.54) is 51.4 Å². The van der Waals surface area contributed by atoms with Gasteiger partial charge in [0.05, 0.1) is 12.2 Å². The highest BCUT2D eigenvalue weighted by Crippen LogP contribution is 2.37. The van der Waals surface area contributed by atoms with Gasteiger partial charge in [0.2, 0.25) is 0 Å². The molecular formula is C38H49N3O4. The van der Waals surface area contributed by atoms with Crippen molar-refractivity contribution in [1.82, 2.24) is 15.0 Å². The van der Waals surface area contributed by atoms with Crippen molar-refractivity contribution in [3.63, 3.8) is 0 Å². The maximum atomic E-state index is 11.2. The number of phenolic OH excluding ortho intramolecular Hbond substituents is 1. The van der Waals surface area contributed by atoms with E-state index in [0.29, 0.717) is 29.6 Å². The minimum atomic E-state index is -0.811. The van der Waals surface area contributed by atoms with Gasteiger partial charge in [0, 0.05) is 17.7 Å². The van der Waals surface area contributed by atoms with Gasteiger partial charge in [-0.1, -0.05) is 130 Å². The number of hydrogen-bond acceptors (Lipinski definition) is 7. The van der Waals surface area contributed by atoms with E-state index in [1.54, 1.807) is 18.2 Å². The van der Waals surface area contributed by atoms with Crippen LogP contribution >= 0.6 is 0 Å². The Labute approximate surface area is 268 Å². The van der Waals surface area contributed by atoms with E-state index >= 15 is 0 Å². The quantitative estimate of drug-likeness (QED) is 0.102. The van der Waals surface area contributed by atoms with Crippen LogP contribution in [0.1, 0.15) is 82.3 Å². The lowest BCUT2D eigenvalue weighted by atomic mass is 10.1. The van der Waals surface area contributed by atoms with Crippen LogP contribution in [0.3, 0.4) is 0 Å². The molecule has 0 amide bonds. The molecular weight excluding hydrogens is 562 g/mol. The lowest BCUT2D eigenvalue weighted by Gasteiger charge is -2.15. The zero-order chi connectivity index (χ0) is 31.9. The van der Waals surface area contributed by atoms with Crippen molar-refractivity contribution < 1.29 is 19.7 Å². The number of benzene rings is 3. The van der Waals surface area contributed by atoms with Gasteiger partial charge in [0.1, 0.15) is 12.7 Å². The predicted molar refractivity (Wildman–Crippen MR) is 181 cm³/mol. The molecule has 0 saturated carbocycles. The zero-order valence-electron chi connectivity index (χ0n) is 27.2. The minimum absolute atomic E-state index is 0.00448. The van der Waals surface area contributed by atoms with Crippen LogP contribution in [0.15, 0.2) is 66.7 Å². The fourth-order valence-corrected chi connectivity index (χ4v) is 5.12. The van der Waals surface area contributed by atoms with Crippen LogP contribution < -0.4 is 4.74 Å². The maximum Gasteiger partial charge on any atom is 0.168 e. The molecule has 1 heterocycles. The molecule has 4 aromatic rings. The Morgan fingerprint density at radius 3 is 1.69 bits per heavy atom. The average Bonchev–Trinajstić information content (AvgIpc) is 3.05. The standard InChI is InChI=1S/C38H49N3O4/c1-4-5-6-7-8-9-10-11-12-13-25-44-26-32(42)27-45-34-16-14-15-33(35(34)43)38-40-36(30-21-17-28(2)18-22-30)39-37(41-38)31-23-19-29(3)20-24-31/h14-24,32,42-43H,4-13,25-27H2,1-3H3. The predicted octanol–water partition coefficient (Wildman–Crippen LogP) is 8.87. The monoisotopic (exact) mass is 611 g/mol. The molecule has 0 bridgehead atoms. The van der Waals surface area contributed by atoms with Crippen LogP contribution in [0.2, 0.25) is 0 Å². The summed E-state index contributed by atoms with van der Waals surface area (Å²) in [6.07, 6.45) is 11.9. The second kappa shape index (κ2) is 18.2. The number of aliphatic hydroxyl groups excluding tert-OH is 1. The van der Waals surface area contributed by atoms with E-state index in [4.69, 9.17) is 24.4 Å². The Kier molecular flexibility index (Phi) is 13.8. The van der Waals surface area contributed by atoms with E-state index in [0.717, 1.165) is 35.1 Å². The molecule has 240 valence electrons. The first-order valence-corrected chi connectivity index (χ1v) is 16.6. The van der Waals surface area contributed by atoms with E-state index in [1.807, 2.05) is 62.4 Å². The number of aliphatic hydroxyl groups is 1. The number of aromatic hydroxyl groups is 1. The first-order valence-electron chi connectivity index (χ1n) is 16.6. The van der Waals surface area contributed by atoms with Crippen LogP contribution in [-0.4, -0.2) is 51.1 Å². The average molecular weight is 612 g/mol. The SMILES string of the molecule is CCCCCCCCCCCCOCC(O)COc1cccc(-c2nc(-c3ccc(C)cc3)nc(-c3ccc(C)cc3)n2)c1O. The highest BCUT2D eigenvalue weighted by Gasteiger charge is 2.18. The zero-order valence-corrected chi connectivity index (χ0v) is 27.2. The maximum absolute atomic E-state index is 11.2. The molecule has 7 heteroatoms. The van der Waals surface area contributed by atoms with Crippen LogP contribution in [0, 0.1) is 13.8 Å². The first-order chi connectivity index (χ1) is 21.9. The summed E-state index contributed by atoms with van der Waals surface area (Å²) in [4.78, 5) is 14.2. The summed E-state index contributed by atoms with van der Waals surface area (Å²) in [7, 11) is 0. The second-order valence-corrected chi connectivity index (χ2v) is 11.9. The molecule has 0 radical (unpaired) electrons. The Morgan fingerprint density at radius 1 is 0.622 bits per heavy atom. The molecule has 2 N–H and O–H groups in total. The summed E-state index contributed by atoms with van der Waals surface area (Å²) in [5, 5.41) is 21.6. The van der Waals surface area contributed by atoms with Crippen molar-refractivity contribution in [2.75, 3.05) is 19.8 Å². The molecule has 0 fully saturated rings. The Balaban J connectivity index is 1.33. The number of aromatic nitrogens is 3. The third-order valence-electron chi connectivity index (χ3n) is 7.88. The molecule has 1 unspecified atom stereocenters. The van der Waals surface area contributed by atoms with Crippen molar-refractivity contribution in [2.45, 2.75) is 91.1 Å². The smallest absolute Gasteiger partial charge is 0.168 e. The van der Waals surface area contributed by atoms with Crippen molar-refractivity contribution in [1.29, 1.82) is 0 Å². The number of para-hydroxylation sites is 1. The molecule has 0 spiro atoms. The van der Waals surface area contributed by atoms with Gasteiger partial charge in [0.15, 0.2) is 29.0 Å². The fourth-order valence-electron chi connectivity index (χ4n) is 5.12. The van der Waals surface area contributed by atoms with E-state index in [2.05, 4.69) is 6.92 Å². The number of rotatable bonds is 19. The molecule has 0 saturated heterocycles. The molecule has 7 nitrogen and oxygen atoms in total. The summed E-state index contributed by atoms with van der Waals surface area (Å²) >= 11 is 0. The topological polar surface area (TPSA) is 97.6 Å². The number of hydrogen-bond donors (Lipinski definition) is 2. The lowest BCUT2D eigenvalue weighted by molar-refractivity contribution is 0.0105. The number of ether oxygens (including phenoxy) is 2. The fraction of sp³-hybridized carbons (Fsp3) is 0.447. The van der Waals surface area contributed by atoms with Crippen LogP contribution in [0.5, 0.6) is 11.5 Å². The highest BCUT2D eigenvalue weighted by atomic mass is 16.5. The Bertz CT molecular complexity index is 1380. The van der Waals surface area contributed by atoms with Crippen molar-refractivity contribution >= 4 is 0 Å². The van der Waals surface area contributed by atoms with Gasteiger partial charge in [0.25, 0.3) is 0 Å². The number of phenols is 1. The second-order valence-electron chi connectivity index (χ2n) is 11.9. The first kappa shape index (κ1) is 34.1. The Hall–Kier alpha value is -3.81. The van der Waals surface area contributed by atoms with Gasteiger partial charge < -0.3 is 19.7 Å². The highest BCUT2D eigenvalue weighted by molar-refractivity contribution is 5.72. The van der Waals surface area contributed by atoms with Gasteiger partial charge in [-0.15, -0.1) is 0 Å². The van der Waals surface area contributed by atoms with Crippen molar-refractivity contribution in [3.8, 4) is 45.7 Å². The largest absolute Gasteiger partial charge is 0.504 e. The summed E-state index contributed by atoms with van der Waals surface area (Å²) in [5.74, 6) is 1.51. The molecule has 45 heavy (non-hydrogen) atoms. The van der Waals surface area contributed by atoms with Gasteiger partial charge in [-0.3, -0.25) is 0 Å². The van der Waals surface area contributed by atoms with E-state index < -0.39 is 6.10 Å². The normalized spacial score (nSPS) is 11.9. The van der Waals surface area contributed by atoms with Crippen molar-refractivity contribution in [3.05, 3.63) is 77.9 Å². The van der Waals surface area contributed by atoms with Crippen molar-refractivity contribution in [2.24, 2.45) is 0 Å². The molecule has 1 aromatic heterocycles. The van der Waals surface area contributed by atoms with Gasteiger partial charge in [-0.2, -0.15) is 0 Å². The number of nitrogens with zero attached hydrogens (tertiary/aromatic N) is 3. The minimum Gasteiger partial charge on any atom is -0.504 e. The molecule has 0 aliphatic carbocycles. The Morgan fingerprint density at radius 2 is 1.13 bits per heavy atom. The lowest BCUT2D eigenvalue weighted by Crippen LogP contribution is -2.23. The summed E-state index contributed by atoms with van der Waals surface area (Å²) < 4.78 is 11.5. The summed E-state index contributed by atoms with van der Waals surface area (Å²) in [5.41, 5.74) is 4.40. The summed E-state index contributed by atoms with van der Waals surface area (Å²) in [6, 6.07) is 21.2. The number of unbranched alkanes of at least 4 members (excludes halogenated alkanes) is 9. The molecule has 0 aliphatic heterocycles. The van der Waals surface area contributed by atoms with Gasteiger partial charge in [-0.25, -0.2) is 15.0 Å². The molecule has 1 atom stereocenters. The van der Waals surface area contributed by atoms with E-state index in [-0.39, 0.29) is 24.7 Å². The van der Waals surface area contributed by atoms with Gasteiger partial charge in [-0.05, 0) is 32.4 Å². The van der Waals surface area contributed by atoms with Crippen LogP contribution in [0.4, 0.5) is 0 Å². The number of aryl methyl sites for hydroxylation is 2. The third kappa shape index (κ3) is 10.9. The van der Waals surface area contributed by atoms with E-state index in [9.17, 15) is 10.2 Å². The molecule has 3 aromatic carbocycles.